The molecule has 0 aliphatic heterocycles. The van der Waals surface area contributed by atoms with Crippen LogP contribution in [0.5, 0.6) is 5.88 Å². The lowest BCUT2D eigenvalue weighted by atomic mass is 10.3. The highest BCUT2D eigenvalue weighted by molar-refractivity contribution is 5.20. The largest absolute Gasteiger partial charge is 0.481 e. The van der Waals surface area contributed by atoms with Gasteiger partial charge in [-0.25, -0.2) is 4.98 Å². The van der Waals surface area contributed by atoms with Crippen molar-refractivity contribution >= 4 is 0 Å². The maximum Gasteiger partial charge on any atom is 0.213 e. The summed E-state index contributed by atoms with van der Waals surface area (Å²) in [4.78, 5) is 13.7. The summed E-state index contributed by atoms with van der Waals surface area (Å²) < 4.78 is 4.85. The third kappa shape index (κ3) is 2.00. The predicted molar refractivity (Wildman–Crippen MR) is 40.3 cm³/mol. The van der Waals surface area contributed by atoms with Gasteiger partial charge in [0, 0.05) is 12.3 Å². The van der Waals surface area contributed by atoms with Gasteiger partial charge < -0.3 is 4.74 Å². The lowest BCUT2D eigenvalue weighted by Gasteiger charge is -1.98. The van der Waals surface area contributed by atoms with Crippen molar-refractivity contribution in [3.05, 3.63) is 28.8 Å². The summed E-state index contributed by atoms with van der Waals surface area (Å²) in [7, 11) is 1.53. The molecular formula is C7H8N2O2. The van der Waals surface area contributed by atoms with E-state index >= 15 is 0 Å². The molecule has 1 rings (SSSR count). The highest BCUT2D eigenvalue weighted by atomic mass is 16.5. The molecule has 0 atom stereocenters. The van der Waals surface area contributed by atoms with Crippen LogP contribution in [0.3, 0.4) is 0 Å². The quantitative estimate of drug-likeness (QED) is 0.614. The lowest BCUT2D eigenvalue weighted by Crippen LogP contribution is -1.88. The van der Waals surface area contributed by atoms with Gasteiger partial charge in [-0.05, 0) is 11.6 Å². The van der Waals surface area contributed by atoms with E-state index in [2.05, 4.69) is 10.2 Å². The summed E-state index contributed by atoms with van der Waals surface area (Å²) in [6, 6.07) is 3.41. The zero-order valence-electron chi connectivity index (χ0n) is 6.15. The maximum atomic E-state index is 9.86. The van der Waals surface area contributed by atoms with Crippen LogP contribution >= 0.6 is 0 Å². The molecule has 0 spiro atoms. The summed E-state index contributed by atoms with van der Waals surface area (Å²) in [5.41, 5.74) is 0.812. The monoisotopic (exact) mass is 152 g/mol. The van der Waals surface area contributed by atoms with Crippen molar-refractivity contribution in [1.29, 1.82) is 0 Å². The van der Waals surface area contributed by atoms with Crippen LogP contribution in [0.4, 0.5) is 0 Å². The second-order valence-corrected chi connectivity index (χ2v) is 1.99. The number of pyridine rings is 1. The molecule has 0 aliphatic rings. The first-order valence-electron chi connectivity index (χ1n) is 3.15. The minimum Gasteiger partial charge on any atom is -0.481 e. The van der Waals surface area contributed by atoms with E-state index < -0.39 is 0 Å². The maximum absolute atomic E-state index is 9.86. The highest BCUT2D eigenvalue weighted by Gasteiger charge is 1.94. The molecule has 0 N–H and O–H groups in total. The molecule has 0 radical (unpaired) electrons. The zero-order chi connectivity index (χ0) is 8.10. The molecule has 0 saturated carbocycles. The van der Waals surface area contributed by atoms with Gasteiger partial charge in [-0.2, -0.15) is 4.91 Å². The van der Waals surface area contributed by atoms with Crippen molar-refractivity contribution < 1.29 is 4.74 Å². The number of hydrogen-bond acceptors (Lipinski definition) is 4. The van der Waals surface area contributed by atoms with Crippen LogP contribution in [0.2, 0.25) is 0 Å². The summed E-state index contributed by atoms with van der Waals surface area (Å²) >= 11 is 0. The standard InChI is InChI=1S/C7H8N2O2/c1-11-7-4-6(5-9-10)2-3-8-7/h2-4H,5H2,1H3. The number of nitrogens with zero attached hydrogens (tertiary/aromatic N) is 2. The fourth-order valence-corrected chi connectivity index (χ4v) is 0.735. The molecule has 0 bridgehead atoms. The number of nitroso groups, excluding NO2 is 1. The van der Waals surface area contributed by atoms with Crippen LogP contribution in [-0.2, 0) is 6.54 Å². The number of methoxy groups -OCH3 is 1. The van der Waals surface area contributed by atoms with Crippen molar-refractivity contribution in [3.63, 3.8) is 0 Å². The molecule has 0 aromatic carbocycles. The van der Waals surface area contributed by atoms with Crippen LogP contribution in [0.25, 0.3) is 0 Å². The van der Waals surface area contributed by atoms with Gasteiger partial charge in [0.1, 0.15) is 6.54 Å². The molecule has 11 heavy (non-hydrogen) atoms. The molecule has 0 aliphatic carbocycles. The summed E-state index contributed by atoms with van der Waals surface area (Å²) in [6.07, 6.45) is 1.58. The van der Waals surface area contributed by atoms with Crippen LogP contribution in [0, 0.1) is 4.91 Å². The van der Waals surface area contributed by atoms with Gasteiger partial charge in [0.15, 0.2) is 0 Å². The normalized spacial score (nSPS) is 9.18. The van der Waals surface area contributed by atoms with Gasteiger partial charge >= 0.3 is 0 Å². The minimum atomic E-state index is 0.166. The van der Waals surface area contributed by atoms with E-state index in [1.165, 1.54) is 7.11 Å². The van der Waals surface area contributed by atoms with Crippen LogP contribution < -0.4 is 4.74 Å². The molecule has 4 nitrogen and oxygen atoms in total. The van der Waals surface area contributed by atoms with Crippen molar-refractivity contribution in [2.24, 2.45) is 5.18 Å². The highest BCUT2D eigenvalue weighted by Crippen LogP contribution is 2.08. The predicted octanol–water partition coefficient (Wildman–Crippen LogP) is 1.36. The van der Waals surface area contributed by atoms with Crippen molar-refractivity contribution in [2.45, 2.75) is 6.54 Å². The number of ether oxygens (including phenoxy) is 1. The first-order valence-corrected chi connectivity index (χ1v) is 3.15. The van der Waals surface area contributed by atoms with Crippen LogP contribution in [0.1, 0.15) is 5.56 Å². The first-order chi connectivity index (χ1) is 5.36. The fraction of sp³-hybridized carbons (Fsp3) is 0.286. The van der Waals surface area contributed by atoms with Crippen molar-refractivity contribution in [1.82, 2.24) is 4.98 Å². The number of rotatable bonds is 3. The van der Waals surface area contributed by atoms with E-state index in [9.17, 15) is 4.91 Å². The van der Waals surface area contributed by atoms with Gasteiger partial charge in [0.05, 0.1) is 7.11 Å². The van der Waals surface area contributed by atoms with E-state index in [-0.39, 0.29) is 6.54 Å². The van der Waals surface area contributed by atoms with Gasteiger partial charge in [0.25, 0.3) is 0 Å². The Labute approximate surface area is 64.2 Å². The Morgan fingerprint density at radius 3 is 3.18 bits per heavy atom. The number of aromatic nitrogens is 1. The Kier molecular flexibility index (Phi) is 2.54. The Morgan fingerprint density at radius 2 is 2.55 bits per heavy atom. The second kappa shape index (κ2) is 3.65. The molecule has 0 fully saturated rings. The smallest absolute Gasteiger partial charge is 0.213 e. The molecule has 58 valence electrons. The zero-order valence-corrected chi connectivity index (χ0v) is 6.15. The lowest BCUT2D eigenvalue weighted by molar-refractivity contribution is 0.397. The average molecular weight is 152 g/mol. The SMILES string of the molecule is COc1cc(CN=O)ccn1. The van der Waals surface area contributed by atoms with Gasteiger partial charge in [-0.3, -0.25) is 0 Å². The molecule has 0 saturated heterocycles. The Morgan fingerprint density at radius 1 is 1.73 bits per heavy atom. The van der Waals surface area contributed by atoms with Crippen molar-refractivity contribution in [3.8, 4) is 5.88 Å². The van der Waals surface area contributed by atoms with E-state index in [1.807, 2.05) is 0 Å². The second-order valence-electron chi connectivity index (χ2n) is 1.99. The molecular weight excluding hydrogens is 144 g/mol. The van der Waals surface area contributed by atoms with E-state index in [1.54, 1.807) is 18.3 Å². The molecule has 1 heterocycles. The molecule has 0 unspecified atom stereocenters. The van der Waals surface area contributed by atoms with Crippen LogP contribution in [-0.4, -0.2) is 12.1 Å². The Balaban J connectivity index is 2.82. The van der Waals surface area contributed by atoms with Gasteiger partial charge in [-0.15, -0.1) is 0 Å². The Bertz CT molecular complexity index is 250. The van der Waals surface area contributed by atoms with Gasteiger partial charge in [0.2, 0.25) is 5.88 Å². The van der Waals surface area contributed by atoms with E-state index in [0.29, 0.717) is 5.88 Å². The summed E-state index contributed by atoms with van der Waals surface area (Å²) in [5.74, 6) is 0.506. The minimum absolute atomic E-state index is 0.166. The molecule has 1 aromatic rings. The third-order valence-corrected chi connectivity index (χ3v) is 1.26. The van der Waals surface area contributed by atoms with Crippen molar-refractivity contribution in [2.75, 3.05) is 7.11 Å². The summed E-state index contributed by atoms with van der Waals surface area (Å²) in [5, 5.41) is 2.75. The van der Waals surface area contributed by atoms with Gasteiger partial charge in [-0.1, -0.05) is 5.18 Å². The molecule has 0 amide bonds. The average Bonchev–Trinajstić information content (AvgIpc) is 2.06. The third-order valence-electron chi connectivity index (χ3n) is 1.26. The molecule has 1 aromatic heterocycles. The Hall–Kier alpha value is -1.45. The fourth-order valence-electron chi connectivity index (χ4n) is 0.735. The van der Waals surface area contributed by atoms with E-state index in [0.717, 1.165) is 5.56 Å². The topological polar surface area (TPSA) is 51.5 Å². The molecule has 4 heteroatoms. The number of hydrogen-bond donors (Lipinski definition) is 0. The first kappa shape index (κ1) is 7.65. The summed E-state index contributed by atoms with van der Waals surface area (Å²) in [6.45, 7) is 0.166. The van der Waals surface area contributed by atoms with E-state index in [4.69, 9.17) is 4.74 Å². The van der Waals surface area contributed by atoms with Crippen LogP contribution in [0.15, 0.2) is 23.5 Å².